The van der Waals surface area contributed by atoms with E-state index in [2.05, 4.69) is 10.2 Å². The molecule has 6 heteroatoms. The Bertz CT molecular complexity index is 637. The maximum Gasteiger partial charge on any atom is 0.303 e. The summed E-state index contributed by atoms with van der Waals surface area (Å²) in [6, 6.07) is 7.47. The fraction of sp³-hybridized carbons (Fsp3) is 0.400. The van der Waals surface area contributed by atoms with E-state index in [0.29, 0.717) is 29.6 Å². The van der Waals surface area contributed by atoms with Crippen molar-refractivity contribution >= 4 is 17.6 Å². The van der Waals surface area contributed by atoms with Gasteiger partial charge >= 0.3 is 5.97 Å². The molecule has 0 unspecified atom stereocenters. The van der Waals surface area contributed by atoms with Crippen LogP contribution in [-0.2, 0) is 17.6 Å². The number of carboxylic acid groups (broad SMARTS) is 1. The lowest BCUT2D eigenvalue weighted by atomic mass is 9.86. The van der Waals surface area contributed by atoms with Crippen molar-refractivity contribution in [1.29, 1.82) is 0 Å². The number of aromatic nitrogens is 2. The molecule has 0 fully saturated rings. The predicted octanol–water partition coefficient (Wildman–Crippen LogP) is 3.36. The average Bonchev–Trinajstić information content (AvgIpc) is 2.77. The predicted molar refractivity (Wildman–Crippen MR) is 78.3 cm³/mol. The van der Waals surface area contributed by atoms with E-state index in [1.165, 1.54) is 0 Å². The van der Waals surface area contributed by atoms with Gasteiger partial charge in [0.15, 0.2) is 0 Å². The maximum atomic E-state index is 10.8. The van der Waals surface area contributed by atoms with Gasteiger partial charge in [0.2, 0.25) is 11.8 Å². The molecule has 21 heavy (non-hydrogen) atoms. The number of halogens is 1. The number of aliphatic carboxylic acids is 1. The first kappa shape index (κ1) is 15.5. The molecule has 0 aliphatic carbocycles. The van der Waals surface area contributed by atoms with Crippen molar-refractivity contribution in [1.82, 2.24) is 10.2 Å². The first-order valence-corrected chi connectivity index (χ1v) is 7.00. The third-order valence-corrected chi connectivity index (χ3v) is 3.44. The van der Waals surface area contributed by atoms with Gasteiger partial charge in [-0.05, 0) is 17.0 Å². The van der Waals surface area contributed by atoms with Crippen molar-refractivity contribution in [3.05, 3.63) is 46.6 Å². The molecule has 0 amide bonds. The Kier molecular flexibility index (Phi) is 4.63. The molecule has 2 rings (SSSR count). The quantitative estimate of drug-likeness (QED) is 0.885. The second-order valence-corrected chi connectivity index (χ2v) is 6.18. The molecular formula is C15H17ClN2O3. The molecule has 1 N–H and O–H groups in total. The Hall–Kier alpha value is -1.88. The Balaban J connectivity index is 2.05. The van der Waals surface area contributed by atoms with Crippen LogP contribution in [0.3, 0.4) is 0 Å². The van der Waals surface area contributed by atoms with Gasteiger partial charge in [0.1, 0.15) is 0 Å². The summed E-state index contributed by atoms with van der Waals surface area (Å²) in [4.78, 5) is 10.8. The molecule has 0 radical (unpaired) electrons. The minimum atomic E-state index is -0.837. The summed E-state index contributed by atoms with van der Waals surface area (Å²) >= 11 is 6.09. The second kappa shape index (κ2) is 6.26. The number of benzene rings is 1. The van der Waals surface area contributed by atoms with Crippen LogP contribution in [0.15, 0.2) is 28.7 Å². The van der Waals surface area contributed by atoms with Crippen molar-refractivity contribution in [3.8, 4) is 0 Å². The zero-order valence-corrected chi connectivity index (χ0v) is 12.7. The summed E-state index contributed by atoms with van der Waals surface area (Å²) in [7, 11) is 0. The van der Waals surface area contributed by atoms with Gasteiger partial charge in [-0.15, -0.1) is 10.2 Å². The topological polar surface area (TPSA) is 76.2 Å². The van der Waals surface area contributed by atoms with Gasteiger partial charge in [-0.1, -0.05) is 43.6 Å². The molecule has 0 saturated carbocycles. The third-order valence-electron chi connectivity index (χ3n) is 3.07. The molecule has 0 bridgehead atoms. The Morgan fingerprint density at radius 3 is 2.62 bits per heavy atom. The van der Waals surface area contributed by atoms with Crippen molar-refractivity contribution in [2.45, 2.75) is 33.1 Å². The van der Waals surface area contributed by atoms with Crippen molar-refractivity contribution in [2.75, 3.05) is 0 Å². The summed E-state index contributed by atoms with van der Waals surface area (Å²) in [6.07, 6.45) is 0.941. The van der Waals surface area contributed by atoms with Gasteiger partial charge in [-0.2, -0.15) is 0 Å². The fourth-order valence-electron chi connectivity index (χ4n) is 2.12. The SMILES string of the molecule is CC(C)(CC(=O)O)Cc1nnc(Cc2ccccc2Cl)o1. The van der Waals surface area contributed by atoms with Gasteiger partial charge in [0, 0.05) is 11.4 Å². The van der Waals surface area contributed by atoms with E-state index in [9.17, 15) is 4.79 Å². The van der Waals surface area contributed by atoms with Crippen LogP contribution in [0, 0.1) is 5.41 Å². The van der Waals surface area contributed by atoms with E-state index in [0.717, 1.165) is 5.56 Å². The Morgan fingerprint density at radius 2 is 1.95 bits per heavy atom. The molecule has 1 aromatic carbocycles. The van der Waals surface area contributed by atoms with Crippen LogP contribution in [0.2, 0.25) is 5.02 Å². The van der Waals surface area contributed by atoms with Crippen molar-refractivity contribution in [3.63, 3.8) is 0 Å². The lowest BCUT2D eigenvalue weighted by Crippen LogP contribution is -2.19. The standard InChI is InChI=1S/C15H17ClN2O3/c1-15(2,9-14(19)20)8-13-18-17-12(21-13)7-10-5-3-4-6-11(10)16/h3-6H,7-9H2,1-2H3,(H,19,20). The minimum absolute atomic E-state index is 0.0508. The molecule has 112 valence electrons. The fourth-order valence-corrected chi connectivity index (χ4v) is 2.32. The largest absolute Gasteiger partial charge is 0.481 e. The van der Waals surface area contributed by atoms with Gasteiger partial charge in [-0.25, -0.2) is 0 Å². The number of carboxylic acids is 1. The Morgan fingerprint density at radius 1 is 1.29 bits per heavy atom. The van der Waals surface area contributed by atoms with Gasteiger partial charge in [0.25, 0.3) is 0 Å². The lowest BCUT2D eigenvalue weighted by molar-refractivity contribution is -0.139. The first-order chi connectivity index (χ1) is 9.85. The van der Waals surface area contributed by atoms with E-state index in [1.807, 2.05) is 38.1 Å². The van der Waals surface area contributed by atoms with Crippen LogP contribution >= 0.6 is 11.6 Å². The van der Waals surface area contributed by atoms with Crippen LogP contribution in [0.25, 0.3) is 0 Å². The molecule has 1 aromatic heterocycles. The third kappa shape index (κ3) is 4.56. The lowest BCUT2D eigenvalue weighted by Gasteiger charge is -2.19. The smallest absolute Gasteiger partial charge is 0.303 e. The summed E-state index contributed by atoms with van der Waals surface area (Å²) in [5.74, 6) is 0.0864. The monoisotopic (exact) mass is 308 g/mol. The molecular weight excluding hydrogens is 292 g/mol. The molecule has 0 spiro atoms. The Labute approximate surface area is 128 Å². The number of hydrogen-bond acceptors (Lipinski definition) is 4. The van der Waals surface area contributed by atoms with Crippen LogP contribution in [0.5, 0.6) is 0 Å². The van der Waals surface area contributed by atoms with E-state index < -0.39 is 11.4 Å². The molecule has 0 saturated heterocycles. The maximum absolute atomic E-state index is 10.8. The average molecular weight is 309 g/mol. The van der Waals surface area contributed by atoms with Gasteiger partial charge < -0.3 is 9.52 Å². The number of carbonyl (C=O) groups is 1. The number of hydrogen-bond donors (Lipinski definition) is 1. The highest BCUT2D eigenvalue weighted by atomic mass is 35.5. The summed E-state index contributed by atoms with van der Waals surface area (Å²) in [6.45, 7) is 3.72. The normalized spacial score (nSPS) is 11.6. The molecule has 0 aliphatic rings. The van der Waals surface area contributed by atoms with Crippen LogP contribution in [0.1, 0.15) is 37.6 Å². The molecule has 2 aromatic rings. The van der Waals surface area contributed by atoms with Crippen molar-refractivity contribution in [2.24, 2.45) is 5.41 Å². The van der Waals surface area contributed by atoms with E-state index in [1.54, 1.807) is 0 Å². The second-order valence-electron chi connectivity index (χ2n) is 5.77. The molecule has 0 aliphatic heterocycles. The molecule has 1 heterocycles. The van der Waals surface area contributed by atoms with Crippen molar-refractivity contribution < 1.29 is 14.3 Å². The van der Waals surface area contributed by atoms with Gasteiger partial charge in [0.05, 0.1) is 12.8 Å². The summed E-state index contributed by atoms with van der Waals surface area (Å²) < 4.78 is 5.59. The summed E-state index contributed by atoms with van der Waals surface area (Å²) in [5, 5.41) is 17.5. The summed E-state index contributed by atoms with van der Waals surface area (Å²) in [5.41, 5.74) is 0.485. The number of rotatable bonds is 6. The zero-order valence-electron chi connectivity index (χ0n) is 12.0. The minimum Gasteiger partial charge on any atom is -0.481 e. The first-order valence-electron chi connectivity index (χ1n) is 6.62. The molecule has 0 atom stereocenters. The van der Waals surface area contributed by atoms with Crippen LogP contribution in [0.4, 0.5) is 0 Å². The van der Waals surface area contributed by atoms with Crippen LogP contribution < -0.4 is 0 Å². The highest BCUT2D eigenvalue weighted by Crippen LogP contribution is 2.26. The van der Waals surface area contributed by atoms with Crippen LogP contribution in [-0.4, -0.2) is 21.3 Å². The van der Waals surface area contributed by atoms with E-state index >= 15 is 0 Å². The van der Waals surface area contributed by atoms with E-state index in [4.69, 9.17) is 21.1 Å². The zero-order chi connectivity index (χ0) is 15.5. The number of nitrogens with zero attached hydrogens (tertiary/aromatic N) is 2. The highest BCUT2D eigenvalue weighted by Gasteiger charge is 2.25. The van der Waals surface area contributed by atoms with Gasteiger partial charge in [-0.3, -0.25) is 4.79 Å². The van der Waals surface area contributed by atoms with E-state index in [-0.39, 0.29) is 6.42 Å². The molecule has 5 nitrogen and oxygen atoms in total. The highest BCUT2D eigenvalue weighted by molar-refractivity contribution is 6.31.